The first kappa shape index (κ1) is 28.5. The van der Waals surface area contributed by atoms with Gasteiger partial charge < -0.3 is 15.0 Å². The second-order valence-electron chi connectivity index (χ2n) is 9.08. The molecule has 0 bridgehead atoms. The lowest BCUT2D eigenvalue weighted by Crippen LogP contribution is -2.52. The summed E-state index contributed by atoms with van der Waals surface area (Å²) in [7, 11) is 0. The summed E-state index contributed by atoms with van der Waals surface area (Å²) in [6.07, 6.45) is 1.97. The highest BCUT2D eigenvalue weighted by atomic mass is 35.5. The second-order valence-corrected chi connectivity index (χ2v) is 9.95. The summed E-state index contributed by atoms with van der Waals surface area (Å²) < 4.78 is 5.77. The Morgan fingerprint density at radius 2 is 1.62 bits per heavy atom. The van der Waals surface area contributed by atoms with Crippen molar-refractivity contribution in [1.82, 2.24) is 10.2 Å². The average Bonchev–Trinajstić information content (AvgIpc) is 2.90. The van der Waals surface area contributed by atoms with Crippen LogP contribution in [0.15, 0.2) is 78.9 Å². The number of hydrogen-bond donors (Lipinski definition) is 1. The van der Waals surface area contributed by atoms with Crippen molar-refractivity contribution >= 4 is 35.0 Å². The van der Waals surface area contributed by atoms with Gasteiger partial charge in [0.05, 0.1) is 6.61 Å². The summed E-state index contributed by atoms with van der Waals surface area (Å²) in [6.45, 7) is 4.64. The Morgan fingerprint density at radius 3 is 2.30 bits per heavy atom. The minimum absolute atomic E-state index is 0.00155. The number of halogens is 2. The largest absolute Gasteiger partial charge is 0.494 e. The zero-order valence-corrected chi connectivity index (χ0v) is 22.8. The van der Waals surface area contributed by atoms with Gasteiger partial charge in [0.15, 0.2) is 0 Å². The van der Waals surface area contributed by atoms with E-state index in [1.54, 1.807) is 35.2 Å². The molecule has 7 heteroatoms. The smallest absolute Gasteiger partial charge is 0.243 e. The van der Waals surface area contributed by atoms with E-state index in [-0.39, 0.29) is 30.8 Å². The number of nitrogens with zero attached hydrogens (tertiary/aromatic N) is 1. The third kappa shape index (κ3) is 9.42. The van der Waals surface area contributed by atoms with Gasteiger partial charge in [0.1, 0.15) is 11.8 Å². The van der Waals surface area contributed by atoms with Crippen molar-refractivity contribution in [3.05, 3.63) is 100 Å². The summed E-state index contributed by atoms with van der Waals surface area (Å²) in [5.74, 6) is 0.424. The molecule has 0 aliphatic rings. The molecule has 3 aromatic rings. The highest BCUT2D eigenvalue weighted by molar-refractivity contribution is 6.30. The number of hydrogen-bond acceptors (Lipinski definition) is 3. The maximum absolute atomic E-state index is 13.6. The first-order valence-electron chi connectivity index (χ1n) is 12.6. The molecule has 196 valence electrons. The number of amides is 2. The highest BCUT2D eigenvalue weighted by Crippen LogP contribution is 2.20. The minimum Gasteiger partial charge on any atom is -0.494 e. The maximum Gasteiger partial charge on any atom is 0.243 e. The molecule has 0 heterocycles. The van der Waals surface area contributed by atoms with Crippen molar-refractivity contribution in [2.75, 3.05) is 6.61 Å². The fourth-order valence-corrected chi connectivity index (χ4v) is 4.25. The van der Waals surface area contributed by atoms with Crippen LogP contribution < -0.4 is 10.1 Å². The molecular weight excluding hydrogens is 507 g/mol. The average molecular weight is 542 g/mol. The fourth-order valence-electron chi connectivity index (χ4n) is 3.91. The third-order valence-electron chi connectivity index (χ3n) is 6.13. The van der Waals surface area contributed by atoms with E-state index in [0.717, 1.165) is 17.5 Å². The molecule has 2 atom stereocenters. The van der Waals surface area contributed by atoms with E-state index in [1.807, 2.05) is 62.4 Å². The summed E-state index contributed by atoms with van der Waals surface area (Å²) >= 11 is 12.2. The van der Waals surface area contributed by atoms with Crippen molar-refractivity contribution in [3.8, 4) is 5.75 Å². The molecule has 0 aromatic heterocycles. The number of carbonyl (C=O) groups is 2. The maximum atomic E-state index is 13.6. The number of rotatable bonds is 13. The van der Waals surface area contributed by atoms with Gasteiger partial charge in [0.2, 0.25) is 11.8 Å². The van der Waals surface area contributed by atoms with E-state index in [2.05, 4.69) is 5.32 Å². The van der Waals surface area contributed by atoms with E-state index >= 15 is 0 Å². The lowest BCUT2D eigenvalue weighted by molar-refractivity contribution is -0.141. The van der Waals surface area contributed by atoms with Crippen LogP contribution in [0.5, 0.6) is 5.75 Å². The van der Waals surface area contributed by atoms with Crippen molar-refractivity contribution in [2.24, 2.45) is 0 Å². The minimum atomic E-state index is -0.667. The van der Waals surface area contributed by atoms with Gasteiger partial charge in [-0.1, -0.05) is 72.6 Å². The van der Waals surface area contributed by atoms with E-state index in [4.69, 9.17) is 27.9 Å². The zero-order valence-electron chi connectivity index (χ0n) is 21.3. The lowest BCUT2D eigenvalue weighted by atomic mass is 10.0. The third-order valence-corrected chi connectivity index (χ3v) is 6.62. The van der Waals surface area contributed by atoms with Crippen LogP contribution in [0.2, 0.25) is 10.0 Å². The van der Waals surface area contributed by atoms with Crippen LogP contribution in [0.4, 0.5) is 0 Å². The lowest BCUT2D eigenvalue weighted by Gasteiger charge is -2.32. The monoisotopic (exact) mass is 540 g/mol. The topological polar surface area (TPSA) is 58.6 Å². The Hall–Kier alpha value is -3.02. The van der Waals surface area contributed by atoms with Gasteiger partial charge in [0, 0.05) is 35.5 Å². The number of ether oxygens (including phenoxy) is 1. The molecule has 0 saturated heterocycles. The molecule has 2 amide bonds. The summed E-state index contributed by atoms with van der Waals surface area (Å²) in [5, 5.41) is 4.31. The molecule has 0 saturated carbocycles. The van der Waals surface area contributed by atoms with E-state index in [9.17, 15) is 9.59 Å². The number of nitrogens with one attached hydrogen (secondary N) is 1. The summed E-state index contributed by atoms with van der Waals surface area (Å²) in [6, 6.07) is 23.6. The van der Waals surface area contributed by atoms with Crippen LogP contribution in [-0.2, 0) is 22.6 Å². The predicted octanol–water partition coefficient (Wildman–Crippen LogP) is 6.71. The van der Waals surface area contributed by atoms with Gasteiger partial charge in [-0.05, 0) is 67.3 Å². The Morgan fingerprint density at radius 1 is 0.919 bits per heavy atom. The molecule has 1 N–H and O–H groups in total. The Labute approximate surface area is 229 Å². The second kappa shape index (κ2) is 14.7. The predicted molar refractivity (Wildman–Crippen MR) is 150 cm³/mol. The molecule has 0 fully saturated rings. The molecule has 37 heavy (non-hydrogen) atoms. The van der Waals surface area contributed by atoms with Crippen molar-refractivity contribution < 1.29 is 14.3 Å². The SMILES string of the molecule is CC[C@H](C)NC(=O)[C@@H](Cc1ccccc1)N(Cc1cccc(Cl)c1)C(=O)CCCOc1ccc(Cl)cc1. The molecule has 0 aliphatic heterocycles. The molecule has 5 nitrogen and oxygen atoms in total. The van der Waals surface area contributed by atoms with E-state index in [1.165, 1.54) is 0 Å². The van der Waals surface area contributed by atoms with Gasteiger partial charge >= 0.3 is 0 Å². The van der Waals surface area contributed by atoms with Crippen LogP contribution in [-0.4, -0.2) is 35.4 Å². The molecule has 3 rings (SSSR count). The fraction of sp³-hybridized carbons (Fsp3) is 0.333. The van der Waals surface area contributed by atoms with Gasteiger partial charge in [-0.2, -0.15) is 0 Å². The van der Waals surface area contributed by atoms with Crippen LogP contribution in [0, 0.1) is 0 Å². The zero-order chi connectivity index (χ0) is 26.6. The van der Waals surface area contributed by atoms with Crippen LogP contribution in [0.1, 0.15) is 44.2 Å². The van der Waals surface area contributed by atoms with Crippen LogP contribution >= 0.6 is 23.2 Å². The normalized spacial score (nSPS) is 12.4. The van der Waals surface area contributed by atoms with Crippen molar-refractivity contribution in [3.63, 3.8) is 0 Å². The molecule has 0 aliphatic carbocycles. The Bertz CT molecular complexity index is 1140. The molecular formula is C30H34Cl2N2O3. The van der Waals surface area contributed by atoms with E-state index in [0.29, 0.717) is 35.2 Å². The van der Waals surface area contributed by atoms with E-state index < -0.39 is 6.04 Å². The van der Waals surface area contributed by atoms with Gasteiger partial charge in [-0.3, -0.25) is 9.59 Å². The van der Waals surface area contributed by atoms with Crippen molar-refractivity contribution in [1.29, 1.82) is 0 Å². The Kier molecular flexibility index (Phi) is 11.3. The van der Waals surface area contributed by atoms with Crippen LogP contribution in [0.3, 0.4) is 0 Å². The summed E-state index contributed by atoms with van der Waals surface area (Å²) in [5.41, 5.74) is 1.86. The Balaban J connectivity index is 1.79. The summed E-state index contributed by atoms with van der Waals surface area (Å²) in [4.78, 5) is 28.8. The first-order chi connectivity index (χ1) is 17.9. The van der Waals surface area contributed by atoms with Crippen LogP contribution in [0.25, 0.3) is 0 Å². The number of benzene rings is 3. The molecule has 3 aromatic carbocycles. The van der Waals surface area contributed by atoms with Crippen molar-refractivity contribution in [2.45, 2.75) is 58.2 Å². The molecule has 0 radical (unpaired) electrons. The molecule has 0 spiro atoms. The van der Waals surface area contributed by atoms with Gasteiger partial charge in [0.25, 0.3) is 0 Å². The van der Waals surface area contributed by atoms with Gasteiger partial charge in [-0.25, -0.2) is 0 Å². The van der Waals surface area contributed by atoms with Gasteiger partial charge in [-0.15, -0.1) is 0 Å². The molecule has 0 unspecified atom stereocenters. The number of carbonyl (C=O) groups excluding carboxylic acids is 2. The first-order valence-corrected chi connectivity index (χ1v) is 13.4. The highest BCUT2D eigenvalue weighted by Gasteiger charge is 2.30. The standard InChI is InChI=1S/C30H34Cl2N2O3/c1-3-22(2)33-30(36)28(20-23-9-5-4-6-10-23)34(21-24-11-7-12-26(32)19-24)29(35)13-8-18-37-27-16-14-25(31)15-17-27/h4-7,9-12,14-17,19,22,28H,3,8,13,18,20-21H2,1-2H3,(H,33,36)/t22-,28+/m0/s1. The quantitative estimate of drug-likeness (QED) is 0.245.